The number of methoxy groups -OCH3 is 1. The molecule has 3 aromatic rings. The van der Waals surface area contributed by atoms with Gasteiger partial charge in [-0.05, 0) is 36.2 Å². The normalized spacial score (nSPS) is 10.3. The number of ether oxygens (including phenoxy) is 2. The van der Waals surface area contributed by atoms with Crippen molar-refractivity contribution in [2.24, 2.45) is 0 Å². The summed E-state index contributed by atoms with van der Waals surface area (Å²) in [6, 6.07) is 23.1. The number of hydrogen-bond acceptors (Lipinski definition) is 4. The molecule has 1 N–H and O–H groups in total. The van der Waals surface area contributed by atoms with Crippen molar-refractivity contribution in [2.75, 3.05) is 19.0 Å². The van der Waals surface area contributed by atoms with E-state index < -0.39 is 5.97 Å². The molecule has 0 radical (unpaired) electrons. The highest BCUT2D eigenvalue weighted by Crippen LogP contribution is 2.22. The fraction of sp³-hybridized carbons (Fsp3) is 0.167. The minimum absolute atomic E-state index is 0.0455. The number of carbonyl (C=O) groups excluding carboxylic acids is 2. The van der Waals surface area contributed by atoms with Crippen LogP contribution in [0.15, 0.2) is 72.8 Å². The zero-order valence-corrected chi connectivity index (χ0v) is 16.5. The van der Waals surface area contributed by atoms with Crippen molar-refractivity contribution in [2.45, 2.75) is 13.3 Å². The van der Waals surface area contributed by atoms with Gasteiger partial charge in [0.2, 0.25) is 0 Å². The standard InChI is InChI=1S/C24H23NO4/c1-17-8-13-22(28-2)20(14-17)15-24(27)29-16-23(26)25-21-11-9-19(10-12-21)18-6-4-3-5-7-18/h3-14H,15-16H2,1-2H3,(H,25,26). The van der Waals surface area contributed by atoms with Crippen LogP contribution in [0.1, 0.15) is 11.1 Å². The van der Waals surface area contributed by atoms with Gasteiger partial charge >= 0.3 is 5.97 Å². The van der Waals surface area contributed by atoms with E-state index in [9.17, 15) is 9.59 Å². The van der Waals surface area contributed by atoms with Gasteiger partial charge < -0.3 is 14.8 Å². The third-order valence-electron chi connectivity index (χ3n) is 4.41. The summed E-state index contributed by atoms with van der Waals surface area (Å²) in [5.74, 6) is -0.249. The molecular formula is C24H23NO4. The van der Waals surface area contributed by atoms with Gasteiger partial charge in [0.25, 0.3) is 5.91 Å². The maximum atomic E-state index is 12.1. The molecule has 0 heterocycles. The second-order valence-electron chi connectivity index (χ2n) is 6.64. The van der Waals surface area contributed by atoms with Crippen LogP contribution < -0.4 is 10.1 Å². The third kappa shape index (κ3) is 5.69. The molecule has 5 heteroatoms. The largest absolute Gasteiger partial charge is 0.496 e. The quantitative estimate of drug-likeness (QED) is 0.609. The van der Waals surface area contributed by atoms with Gasteiger partial charge in [0.1, 0.15) is 5.75 Å². The molecule has 148 valence electrons. The predicted octanol–water partition coefficient (Wildman–Crippen LogP) is 4.40. The van der Waals surface area contributed by atoms with E-state index in [1.807, 2.05) is 79.7 Å². The van der Waals surface area contributed by atoms with Crippen molar-refractivity contribution in [1.29, 1.82) is 0 Å². The van der Waals surface area contributed by atoms with Crippen molar-refractivity contribution in [3.8, 4) is 16.9 Å². The van der Waals surface area contributed by atoms with Gasteiger partial charge in [-0.2, -0.15) is 0 Å². The summed E-state index contributed by atoms with van der Waals surface area (Å²) in [5.41, 5.74) is 4.55. The number of benzene rings is 3. The second kappa shape index (κ2) is 9.55. The molecule has 0 saturated carbocycles. The SMILES string of the molecule is COc1ccc(C)cc1CC(=O)OCC(=O)Nc1ccc(-c2ccccc2)cc1. The van der Waals surface area contributed by atoms with E-state index >= 15 is 0 Å². The van der Waals surface area contributed by atoms with Crippen LogP contribution in [0.4, 0.5) is 5.69 Å². The number of carbonyl (C=O) groups is 2. The Bertz CT molecular complexity index is 982. The molecule has 5 nitrogen and oxygen atoms in total. The van der Waals surface area contributed by atoms with Crippen LogP contribution in [0.2, 0.25) is 0 Å². The number of hydrogen-bond donors (Lipinski definition) is 1. The molecule has 0 spiro atoms. The molecule has 0 aliphatic heterocycles. The highest BCUT2D eigenvalue weighted by atomic mass is 16.5. The fourth-order valence-electron chi connectivity index (χ4n) is 2.97. The number of esters is 1. The molecule has 0 bridgehead atoms. The van der Waals surface area contributed by atoms with Crippen LogP contribution in [-0.2, 0) is 20.7 Å². The lowest BCUT2D eigenvalue weighted by Gasteiger charge is -2.10. The zero-order chi connectivity index (χ0) is 20.6. The average Bonchev–Trinajstić information content (AvgIpc) is 2.74. The first kappa shape index (κ1) is 20.1. The highest BCUT2D eigenvalue weighted by Gasteiger charge is 2.12. The molecule has 0 unspecified atom stereocenters. The van der Waals surface area contributed by atoms with Crippen molar-refractivity contribution < 1.29 is 19.1 Å². The molecular weight excluding hydrogens is 366 g/mol. The number of rotatable bonds is 7. The lowest BCUT2D eigenvalue weighted by molar-refractivity contribution is -0.146. The molecule has 29 heavy (non-hydrogen) atoms. The van der Waals surface area contributed by atoms with E-state index in [2.05, 4.69) is 5.32 Å². The summed E-state index contributed by atoms with van der Waals surface area (Å²) < 4.78 is 10.4. The Morgan fingerprint density at radius 1 is 0.897 bits per heavy atom. The van der Waals surface area contributed by atoms with E-state index in [4.69, 9.17) is 9.47 Å². The minimum Gasteiger partial charge on any atom is -0.496 e. The van der Waals surface area contributed by atoms with Crippen molar-refractivity contribution >= 4 is 17.6 Å². The number of nitrogens with one attached hydrogen (secondary N) is 1. The molecule has 1 amide bonds. The Morgan fingerprint density at radius 3 is 2.28 bits per heavy atom. The molecule has 0 atom stereocenters. The fourth-order valence-corrected chi connectivity index (χ4v) is 2.97. The Balaban J connectivity index is 1.51. The van der Waals surface area contributed by atoms with Crippen LogP contribution >= 0.6 is 0 Å². The zero-order valence-electron chi connectivity index (χ0n) is 16.5. The predicted molar refractivity (Wildman–Crippen MR) is 113 cm³/mol. The summed E-state index contributed by atoms with van der Waals surface area (Å²) in [4.78, 5) is 24.2. The van der Waals surface area contributed by atoms with Gasteiger partial charge in [-0.1, -0.05) is 60.2 Å². The molecule has 0 saturated heterocycles. The smallest absolute Gasteiger partial charge is 0.310 e. The topological polar surface area (TPSA) is 64.6 Å². The summed E-state index contributed by atoms with van der Waals surface area (Å²) in [5, 5.41) is 2.73. The van der Waals surface area contributed by atoms with Crippen molar-refractivity contribution in [3.63, 3.8) is 0 Å². The number of aryl methyl sites for hydroxylation is 1. The third-order valence-corrected chi connectivity index (χ3v) is 4.41. The van der Waals surface area contributed by atoms with Crippen LogP contribution in [0.25, 0.3) is 11.1 Å². The molecule has 0 aliphatic rings. The van der Waals surface area contributed by atoms with E-state index in [-0.39, 0.29) is 18.9 Å². The Morgan fingerprint density at radius 2 is 1.59 bits per heavy atom. The molecule has 0 aliphatic carbocycles. The average molecular weight is 389 g/mol. The van der Waals surface area contributed by atoms with E-state index in [1.54, 1.807) is 7.11 Å². The first-order valence-corrected chi connectivity index (χ1v) is 9.29. The second-order valence-corrected chi connectivity index (χ2v) is 6.64. The Kier molecular flexibility index (Phi) is 6.63. The van der Waals surface area contributed by atoms with Crippen LogP contribution in [0.5, 0.6) is 5.75 Å². The lowest BCUT2D eigenvalue weighted by atomic mass is 10.1. The first-order valence-electron chi connectivity index (χ1n) is 9.29. The van der Waals surface area contributed by atoms with Crippen LogP contribution in [0, 0.1) is 6.92 Å². The van der Waals surface area contributed by atoms with Crippen molar-refractivity contribution in [1.82, 2.24) is 0 Å². The molecule has 3 rings (SSSR count). The van der Waals surface area contributed by atoms with Crippen LogP contribution in [0.3, 0.4) is 0 Å². The maximum Gasteiger partial charge on any atom is 0.310 e. The Hall–Kier alpha value is -3.60. The maximum absolute atomic E-state index is 12.1. The minimum atomic E-state index is -0.483. The van der Waals surface area contributed by atoms with Gasteiger partial charge in [0.05, 0.1) is 13.5 Å². The van der Waals surface area contributed by atoms with E-state index in [0.29, 0.717) is 11.4 Å². The van der Waals surface area contributed by atoms with E-state index in [1.165, 1.54) is 0 Å². The summed E-state index contributed by atoms with van der Waals surface area (Å²) in [6.07, 6.45) is 0.0455. The lowest BCUT2D eigenvalue weighted by Crippen LogP contribution is -2.21. The van der Waals surface area contributed by atoms with Gasteiger partial charge in [-0.15, -0.1) is 0 Å². The molecule has 3 aromatic carbocycles. The Labute approximate surface area is 170 Å². The monoisotopic (exact) mass is 389 g/mol. The summed E-state index contributed by atoms with van der Waals surface area (Å²) in [7, 11) is 1.55. The molecule has 0 aromatic heterocycles. The molecule has 0 fully saturated rings. The van der Waals surface area contributed by atoms with Crippen molar-refractivity contribution in [3.05, 3.63) is 83.9 Å². The number of anilines is 1. The number of amides is 1. The highest BCUT2D eigenvalue weighted by molar-refractivity contribution is 5.93. The van der Waals surface area contributed by atoms with Gasteiger partial charge in [-0.3, -0.25) is 9.59 Å². The van der Waals surface area contributed by atoms with Crippen LogP contribution in [-0.4, -0.2) is 25.6 Å². The summed E-state index contributed by atoms with van der Waals surface area (Å²) in [6.45, 7) is 1.60. The van der Waals surface area contributed by atoms with Gasteiger partial charge in [0, 0.05) is 11.3 Å². The first-order chi connectivity index (χ1) is 14.0. The van der Waals surface area contributed by atoms with E-state index in [0.717, 1.165) is 22.3 Å². The van der Waals surface area contributed by atoms with Gasteiger partial charge in [-0.25, -0.2) is 0 Å². The summed E-state index contributed by atoms with van der Waals surface area (Å²) >= 11 is 0. The van der Waals surface area contributed by atoms with Gasteiger partial charge in [0.15, 0.2) is 6.61 Å².